The van der Waals surface area contributed by atoms with E-state index in [1.807, 2.05) is 0 Å². The zero-order valence-electron chi connectivity index (χ0n) is 15.9. The highest BCUT2D eigenvalue weighted by Crippen LogP contribution is 2.37. The molecule has 2 rings (SSSR count). The predicted octanol–water partition coefficient (Wildman–Crippen LogP) is 1.80. The van der Waals surface area contributed by atoms with Gasteiger partial charge in [0, 0.05) is 46.3 Å². The van der Waals surface area contributed by atoms with Crippen molar-refractivity contribution in [1.29, 1.82) is 0 Å². The van der Waals surface area contributed by atoms with Crippen molar-refractivity contribution in [3.63, 3.8) is 0 Å². The van der Waals surface area contributed by atoms with Gasteiger partial charge in [0.05, 0.1) is 11.9 Å². The lowest BCUT2D eigenvalue weighted by Crippen LogP contribution is -2.44. The first kappa shape index (κ1) is 24.8. The topological polar surface area (TPSA) is 80.7 Å². The summed E-state index contributed by atoms with van der Waals surface area (Å²) in [4.78, 5) is 16.5. The summed E-state index contributed by atoms with van der Waals surface area (Å²) < 4.78 is 71.9. The van der Waals surface area contributed by atoms with Crippen molar-refractivity contribution in [2.45, 2.75) is 12.4 Å². The highest BCUT2D eigenvalue weighted by Gasteiger charge is 2.38. The number of aromatic nitrogens is 1. The van der Waals surface area contributed by atoms with Gasteiger partial charge in [0.2, 0.25) is 0 Å². The normalized spacial score (nSPS) is 14.8. The summed E-state index contributed by atoms with van der Waals surface area (Å²) in [6, 6.07) is 1.19. The lowest BCUT2D eigenvalue weighted by Gasteiger charge is -2.31. The van der Waals surface area contributed by atoms with E-state index in [0.717, 1.165) is 0 Å². The quantitative estimate of drug-likeness (QED) is 0.614. The third kappa shape index (κ3) is 7.93. The second-order valence-electron chi connectivity index (χ2n) is 6.13. The summed E-state index contributed by atoms with van der Waals surface area (Å²) in [6.07, 6.45) is -7.98. The van der Waals surface area contributed by atoms with Crippen LogP contribution in [0.5, 0.6) is 0 Å². The molecule has 1 fully saturated rings. The van der Waals surface area contributed by atoms with Crippen molar-refractivity contribution >= 4 is 17.5 Å². The number of carboxylic acids is 1. The molecule has 166 valence electrons. The molecule has 0 saturated carbocycles. The van der Waals surface area contributed by atoms with Crippen LogP contribution in [0.2, 0.25) is 0 Å². The first-order chi connectivity index (χ1) is 13.4. The molecular formula is C16H23F6N5O2. The van der Waals surface area contributed by atoms with Crippen molar-refractivity contribution in [3.05, 3.63) is 17.8 Å². The Balaban J connectivity index is 0.000000516. The van der Waals surface area contributed by atoms with Gasteiger partial charge >= 0.3 is 18.3 Å². The van der Waals surface area contributed by atoms with Crippen molar-refractivity contribution in [3.8, 4) is 0 Å². The molecule has 1 aliphatic rings. The van der Waals surface area contributed by atoms with Crippen molar-refractivity contribution in [1.82, 2.24) is 15.6 Å². The van der Waals surface area contributed by atoms with Crippen LogP contribution in [-0.2, 0) is 11.0 Å². The van der Waals surface area contributed by atoms with Crippen LogP contribution in [0.1, 0.15) is 5.56 Å². The van der Waals surface area contributed by atoms with E-state index in [2.05, 4.69) is 15.6 Å². The van der Waals surface area contributed by atoms with Crippen LogP contribution in [-0.4, -0.2) is 75.6 Å². The van der Waals surface area contributed by atoms with Crippen LogP contribution in [0.3, 0.4) is 0 Å². The van der Waals surface area contributed by atoms with E-state index in [9.17, 15) is 26.3 Å². The van der Waals surface area contributed by atoms with Gasteiger partial charge in [-0.1, -0.05) is 0 Å². The van der Waals surface area contributed by atoms with E-state index in [1.165, 1.54) is 12.3 Å². The van der Waals surface area contributed by atoms with E-state index < -0.39 is 23.9 Å². The molecule has 1 aromatic rings. The molecule has 1 aromatic heterocycles. The molecule has 0 bridgehead atoms. The zero-order chi connectivity index (χ0) is 22.2. The SMILES string of the molecule is CNCCN(C)c1cnc(N2CCNCC2)c(C(F)(F)F)c1.O=C(O)C(F)(F)F. The molecule has 1 saturated heterocycles. The smallest absolute Gasteiger partial charge is 0.475 e. The number of nitrogens with zero attached hydrogens (tertiary/aromatic N) is 3. The molecule has 3 N–H and O–H groups in total. The molecule has 1 aliphatic heterocycles. The lowest BCUT2D eigenvalue weighted by atomic mass is 10.2. The third-order valence-corrected chi connectivity index (χ3v) is 3.95. The summed E-state index contributed by atoms with van der Waals surface area (Å²) in [5.74, 6) is -2.73. The molecule has 0 unspecified atom stereocenters. The van der Waals surface area contributed by atoms with Gasteiger partial charge < -0.3 is 25.5 Å². The average Bonchev–Trinajstić information content (AvgIpc) is 2.65. The number of piperazine rings is 1. The van der Waals surface area contributed by atoms with Crippen LogP contribution in [0.25, 0.3) is 0 Å². The molecule has 29 heavy (non-hydrogen) atoms. The van der Waals surface area contributed by atoms with Crippen LogP contribution in [0.4, 0.5) is 37.8 Å². The largest absolute Gasteiger partial charge is 0.490 e. The second kappa shape index (κ2) is 10.5. The highest BCUT2D eigenvalue weighted by molar-refractivity contribution is 5.73. The van der Waals surface area contributed by atoms with Gasteiger partial charge in [0.1, 0.15) is 11.4 Å². The number of nitrogens with one attached hydrogen (secondary N) is 2. The maximum Gasteiger partial charge on any atom is 0.490 e. The molecule has 0 aromatic carbocycles. The summed E-state index contributed by atoms with van der Waals surface area (Å²) in [6.45, 7) is 3.71. The first-order valence-corrected chi connectivity index (χ1v) is 8.56. The van der Waals surface area contributed by atoms with E-state index >= 15 is 0 Å². The molecular weight excluding hydrogens is 408 g/mol. The van der Waals surface area contributed by atoms with Gasteiger partial charge in [0.15, 0.2) is 0 Å². The number of rotatable bonds is 5. The minimum atomic E-state index is -5.08. The average molecular weight is 431 g/mol. The van der Waals surface area contributed by atoms with Crippen LogP contribution in [0.15, 0.2) is 12.3 Å². The summed E-state index contributed by atoms with van der Waals surface area (Å²) >= 11 is 0. The number of pyridine rings is 1. The number of anilines is 2. The van der Waals surface area contributed by atoms with Crippen LogP contribution < -0.4 is 20.4 Å². The van der Waals surface area contributed by atoms with E-state index in [-0.39, 0.29) is 5.82 Å². The van der Waals surface area contributed by atoms with E-state index in [1.54, 1.807) is 23.9 Å². The Bertz CT molecular complexity index is 662. The van der Waals surface area contributed by atoms with Gasteiger partial charge in [-0.2, -0.15) is 26.3 Å². The minimum absolute atomic E-state index is 0.0276. The maximum absolute atomic E-state index is 13.4. The Kier molecular flexibility index (Phi) is 8.95. The van der Waals surface area contributed by atoms with Crippen molar-refractivity contribution < 1.29 is 36.2 Å². The number of halogens is 6. The molecule has 13 heteroatoms. The van der Waals surface area contributed by atoms with Gasteiger partial charge in [-0.05, 0) is 13.1 Å². The Morgan fingerprint density at radius 1 is 1.28 bits per heavy atom. The summed E-state index contributed by atoms with van der Waals surface area (Å²) in [5, 5.41) is 13.2. The fraction of sp³-hybridized carbons (Fsp3) is 0.625. The second-order valence-corrected chi connectivity index (χ2v) is 6.13. The number of hydrogen-bond donors (Lipinski definition) is 3. The molecule has 0 atom stereocenters. The van der Waals surface area contributed by atoms with Crippen LogP contribution in [0, 0.1) is 0 Å². The monoisotopic (exact) mass is 431 g/mol. The zero-order valence-corrected chi connectivity index (χ0v) is 15.9. The maximum atomic E-state index is 13.4. The third-order valence-electron chi connectivity index (χ3n) is 3.95. The Morgan fingerprint density at radius 3 is 2.28 bits per heavy atom. The fourth-order valence-electron chi connectivity index (χ4n) is 2.40. The Hall–Kier alpha value is -2.28. The van der Waals surface area contributed by atoms with Gasteiger partial charge in [-0.25, -0.2) is 9.78 Å². The fourth-order valence-corrected chi connectivity index (χ4v) is 2.40. The molecule has 7 nitrogen and oxygen atoms in total. The van der Waals surface area contributed by atoms with Crippen LogP contribution >= 0.6 is 0 Å². The number of likely N-dealkylation sites (N-methyl/N-ethyl adjacent to an activating group) is 2. The predicted molar refractivity (Wildman–Crippen MR) is 95.2 cm³/mol. The van der Waals surface area contributed by atoms with Gasteiger partial charge in [-0.3, -0.25) is 0 Å². The van der Waals surface area contributed by atoms with Gasteiger partial charge in [0.25, 0.3) is 0 Å². The molecule has 2 heterocycles. The number of carboxylic acid groups (broad SMARTS) is 1. The standard InChI is InChI=1S/C14H22F3N5.C2HF3O2/c1-18-3-6-21(2)11-9-12(14(15,16)17)13(20-10-11)22-7-4-19-5-8-22;3-2(4,5)1(6)7/h9-10,18-19H,3-8H2,1-2H3;(H,6,7). The number of hydrogen-bond acceptors (Lipinski definition) is 6. The number of carbonyl (C=O) groups is 1. The number of alkyl halides is 6. The highest BCUT2D eigenvalue weighted by atomic mass is 19.4. The van der Waals surface area contributed by atoms with Crippen molar-refractivity contribution in [2.75, 3.05) is 63.2 Å². The van der Waals surface area contributed by atoms with Gasteiger partial charge in [-0.15, -0.1) is 0 Å². The first-order valence-electron chi connectivity index (χ1n) is 8.56. The molecule has 0 spiro atoms. The Labute approximate surface area is 163 Å². The Morgan fingerprint density at radius 2 is 1.83 bits per heavy atom. The molecule has 0 radical (unpaired) electrons. The molecule has 0 amide bonds. The number of aliphatic carboxylic acids is 1. The summed E-state index contributed by atoms with van der Waals surface area (Å²) in [5.41, 5.74) is -0.190. The van der Waals surface area contributed by atoms with E-state index in [0.29, 0.717) is 45.0 Å². The lowest BCUT2D eigenvalue weighted by molar-refractivity contribution is -0.192. The summed E-state index contributed by atoms with van der Waals surface area (Å²) in [7, 11) is 3.57. The van der Waals surface area contributed by atoms with E-state index in [4.69, 9.17) is 9.90 Å². The minimum Gasteiger partial charge on any atom is -0.475 e. The molecule has 0 aliphatic carbocycles. The van der Waals surface area contributed by atoms with Crippen molar-refractivity contribution in [2.24, 2.45) is 0 Å².